The van der Waals surface area contributed by atoms with Crippen molar-refractivity contribution in [1.82, 2.24) is 4.90 Å². The molecule has 166 valence electrons. The molecule has 5 heteroatoms. The topological polar surface area (TPSA) is 42.0 Å². The van der Waals surface area contributed by atoms with Gasteiger partial charge in [0, 0.05) is 31.9 Å². The number of carbonyl (C=O) groups is 1. The molecule has 2 aliphatic heterocycles. The van der Waals surface area contributed by atoms with Crippen LogP contribution < -0.4 is 4.90 Å². The maximum absolute atomic E-state index is 13.2. The lowest BCUT2D eigenvalue weighted by Crippen LogP contribution is -2.57. The summed E-state index contributed by atoms with van der Waals surface area (Å²) in [5.41, 5.74) is 3.10. The number of amides is 1. The van der Waals surface area contributed by atoms with Crippen LogP contribution in [0, 0.1) is 6.92 Å². The summed E-state index contributed by atoms with van der Waals surface area (Å²) in [4.78, 5) is 17.3. The highest BCUT2D eigenvalue weighted by Crippen LogP contribution is 2.38. The number of hydrogen-bond donors (Lipinski definition) is 0. The maximum atomic E-state index is 13.2. The van der Waals surface area contributed by atoms with Crippen molar-refractivity contribution in [1.29, 1.82) is 0 Å². The number of likely N-dealkylation sites (N-methyl/N-ethyl adjacent to an activating group) is 1. The van der Waals surface area contributed by atoms with E-state index < -0.39 is 0 Å². The molecule has 2 saturated heterocycles. The zero-order chi connectivity index (χ0) is 21.7. The zero-order valence-electron chi connectivity index (χ0n) is 18.8. The van der Waals surface area contributed by atoms with Crippen molar-refractivity contribution >= 4 is 11.6 Å². The highest BCUT2D eigenvalue weighted by Gasteiger charge is 2.47. The first-order chi connectivity index (χ1) is 15.1. The number of rotatable bonds is 7. The van der Waals surface area contributed by atoms with E-state index in [9.17, 15) is 4.79 Å². The van der Waals surface area contributed by atoms with Crippen LogP contribution in [-0.4, -0.2) is 55.3 Å². The van der Waals surface area contributed by atoms with Gasteiger partial charge in [0.05, 0.1) is 24.9 Å². The molecule has 0 radical (unpaired) electrons. The molecule has 0 bridgehead atoms. The smallest absolute Gasteiger partial charge is 0.241 e. The van der Waals surface area contributed by atoms with E-state index in [1.54, 1.807) is 0 Å². The van der Waals surface area contributed by atoms with Crippen LogP contribution in [0.25, 0.3) is 0 Å². The van der Waals surface area contributed by atoms with Crippen molar-refractivity contribution in [3.8, 4) is 0 Å². The average Bonchev–Trinajstić information content (AvgIpc) is 3.25. The van der Waals surface area contributed by atoms with Gasteiger partial charge in [-0.1, -0.05) is 42.5 Å². The molecule has 2 heterocycles. The number of hydrogen-bond acceptors (Lipinski definition) is 4. The highest BCUT2D eigenvalue weighted by atomic mass is 16.6. The summed E-state index contributed by atoms with van der Waals surface area (Å²) in [6, 6.07) is 18.4. The molecular weight excluding hydrogens is 388 g/mol. The fourth-order valence-corrected chi connectivity index (χ4v) is 4.87. The third-order valence-corrected chi connectivity index (χ3v) is 6.58. The fraction of sp³-hybridized carbons (Fsp3) is 0.500. The Hall–Kier alpha value is -2.21. The Bertz CT molecular complexity index is 864. The van der Waals surface area contributed by atoms with Gasteiger partial charge in [-0.15, -0.1) is 0 Å². The molecule has 2 atom stereocenters. The Morgan fingerprint density at radius 1 is 1.19 bits per heavy atom. The molecule has 0 aliphatic carbocycles. The number of piperidine rings is 1. The molecule has 0 N–H and O–H groups in total. The quantitative estimate of drug-likeness (QED) is 0.671. The average molecular weight is 423 g/mol. The van der Waals surface area contributed by atoms with E-state index in [0.717, 1.165) is 50.2 Å². The van der Waals surface area contributed by atoms with E-state index in [-0.39, 0.29) is 17.6 Å². The minimum atomic E-state index is -0.199. The zero-order valence-corrected chi connectivity index (χ0v) is 18.8. The number of likely N-dealkylation sites (tertiary alicyclic amines) is 1. The first-order valence-electron chi connectivity index (χ1n) is 11.5. The molecule has 1 amide bonds. The van der Waals surface area contributed by atoms with E-state index in [1.165, 1.54) is 5.56 Å². The van der Waals surface area contributed by atoms with Crippen molar-refractivity contribution in [3.63, 3.8) is 0 Å². The van der Waals surface area contributed by atoms with Crippen LogP contribution in [0.1, 0.15) is 37.3 Å². The van der Waals surface area contributed by atoms with E-state index in [1.807, 2.05) is 42.2 Å². The third kappa shape index (κ3) is 5.17. The summed E-state index contributed by atoms with van der Waals surface area (Å²) in [6.07, 6.45) is 3.02. The van der Waals surface area contributed by atoms with Crippen LogP contribution in [-0.2, 0) is 20.9 Å². The summed E-state index contributed by atoms with van der Waals surface area (Å²) in [5.74, 6) is 0.137. The van der Waals surface area contributed by atoms with Crippen molar-refractivity contribution in [2.75, 3.05) is 37.7 Å². The molecular formula is C26H34N2O3. The second kappa shape index (κ2) is 9.94. The van der Waals surface area contributed by atoms with Crippen LogP contribution in [0.15, 0.2) is 54.6 Å². The molecule has 2 fully saturated rings. The Kier molecular flexibility index (Phi) is 7.06. The van der Waals surface area contributed by atoms with Gasteiger partial charge in [0.1, 0.15) is 0 Å². The minimum absolute atomic E-state index is 0.0224. The van der Waals surface area contributed by atoms with Gasteiger partial charge in [-0.3, -0.25) is 9.69 Å². The largest absolute Gasteiger partial charge is 0.372 e. The molecule has 2 aromatic rings. The first-order valence-corrected chi connectivity index (χ1v) is 11.5. The summed E-state index contributed by atoms with van der Waals surface area (Å²) in [7, 11) is 0. The SMILES string of the molecule is CCN(C(=O)CN1CC[C@]2(CCCO2)[C@@H](OCc2ccccc2)C1)c1cccc(C)c1. The number of carbonyl (C=O) groups excluding carboxylic acids is 1. The van der Waals surface area contributed by atoms with Gasteiger partial charge >= 0.3 is 0 Å². The van der Waals surface area contributed by atoms with Crippen LogP contribution >= 0.6 is 0 Å². The van der Waals surface area contributed by atoms with Crippen LogP contribution in [0.5, 0.6) is 0 Å². The monoisotopic (exact) mass is 422 g/mol. The Morgan fingerprint density at radius 2 is 2.03 bits per heavy atom. The lowest BCUT2D eigenvalue weighted by molar-refractivity contribution is -0.160. The minimum Gasteiger partial charge on any atom is -0.372 e. The number of aryl methyl sites for hydroxylation is 1. The molecule has 31 heavy (non-hydrogen) atoms. The summed E-state index contributed by atoms with van der Waals surface area (Å²) in [6.45, 7) is 8.13. The number of nitrogens with zero attached hydrogens (tertiary/aromatic N) is 2. The molecule has 1 spiro atoms. The molecule has 5 nitrogen and oxygen atoms in total. The van der Waals surface area contributed by atoms with Gasteiger partial charge in [0.25, 0.3) is 0 Å². The second-order valence-electron chi connectivity index (χ2n) is 8.76. The normalized spacial score (nSPS) is 23.9. The van der Waals surface area contributed by atoms with Crippen LogP contribution in [0.3, 0.4) is 0 Å². The number of benzene rings is 2. The van der Waals surface area contributed by atoms with Gasteiger partial charge in [-0.2, -0.15) is 0 Å². The molecule has 0 aromatic heterocycles. The van der Waals surface area contributed by atoms with Gasteiger partial charge in [0.15, 0.2) is 0 Å². The Morgan fingerprint density at radius 3 is 2.74 bits per heavy atom. The van der Waals surface area contributed by atoms with Crippen molar-refractivity contribution < 1.29 is 14.3 Å². The van der Waals surface area contributed by atoms with Gasteiger partial charge < -0.3 is 14.4 Å². The van der Waals surface area contributed by atoms with Crippen molar-refractivity contribution in [2.24, 2.45) is 0 Å². The van der Waals surface area contributed by atoms with Crippen molar-refractivity contribution in [3.05, 3.63) is 65.7 Å². The summed E-state index contributed by atoms with van der Waals surface area (Å²) in [5, 5.41) is 0. The Labute approximate surface area is 185 Å². The van der Waals surface area contributed by atoms with Crippen LogP contribution in [0.4, 0.5) is 5.69 Å². The summed E-state index contributed by atoms with van der Waals surface area (Å²) >= 11 is 0. The van der Waals surface area contributed by atoms with Crippen molar-refractivity contribution in [2.45, 2.75) is 51.4 Å². The second-order valence-corrected chi connectivity index (χ2v) is 8.76. The number of ether oxygens (including phenoxy) is 2. The van der Waals surface area contributed by atoms with E-state index in [4.69, 9.17) is 9.47 Å². The standard InChI is InChI=1S/C26H34N2O3/c1-3-28(23-12-7-9-21(2)17-23)25(29)19-27-15-14-26(13-8-16-31-26)24(18-27)30-20-22-10-5-4-6-11-22/h4-7,9-12,17,24H,3,8,13-16,18-20H2,1-2H3/t24-,26+/m0/s1. The summed E-state index contributed by atoms with van der Waals surface area (Å²) < 4.78 is 12.7. The van der Waals surface area contributed by atoms with E-state index in [0.29, 0.717) is 19.7 Å². The lowest BCUT2D eigenvalue weighted by Gasteiger charge is -2.45. The molecule has 4 rings (SSSR count). The molecule has 2 aromatic carbocycles. The molecule has 0 saturated carbocycles. The van der Waals surface area contributed by atoms with Gasteiger partial charge in [0.2, 0.25) is 5.91 Å². The lowest BCUT2D eigenvalue weighted by atomic mass is 9.85. The Balaban J connectivity index is 1.42. The third-order valence-electron chi connectivity index (χ3n) is 6.58. The fourth-order valence-electron chi connectivity index (χ4n) is 4.87. The van der Waals surface area contributed by atoms with Crippen LogP contribution in [0.2, 0.25) is 0 Å². The predicted octanol–water partition coefficient (Wildman–Crippen LogP) is 4.19. The molecule has 0 unspecified atom stereocenters. The first kappa shape index (κ1) is 22.0. The predicted molar refractivity (Wildman–Crippen MR) is 123 cm³/mol. The maximum Gasteiger partial charge on any atom is 0.241 e. The number of anilines is 1. The van der Waals surface area contributed by atoms with Gasteiger partial charge in [-0.05, 0) is 56.4 Å². The van der Waals surface area contributed by atoms with E-state index in [2.05, 4.69) is 36.1 Å². The highest BCUT2D eigenvalue weighted by molar-refractivity contribution is 5.94. The van der Waals surface area contributed by atoms with E-state index >= 15 is 0 Å². The molecule has 2 aliphatic rings. The van der Waals surface area contributed by atoms with Gasteiger partial charge in [-0.25, -0.2) is 0 Å².